The molecule has 0 aromatic heterocycles. The molecule has 0 atom stereocenters. The van der Waals surface area contributed by atoms with Gasteiger partial charge in [-0.05, 0) is 27.7 Å². The van der Waals surface area contributed by atoms with Crippen molar-refractivity contribution in [3.05, 3.63) is 0 Å². The summed E-state index contributed by atoms with van der Waals surface area (Å²) < 4.78 is 0. The minimum Gasteiger partial charge on any atom is -0.550 e. The maximum absolute atomic E-state index is 8.89. The van der Waals surface area contributed by atoms with Crippen molar-refractivity contribution < 1.29 is 163 Å². The third kappa shape index (κ3) is 1910. The molecule has 0 spiro atoms. The molecule has 0 aliphatic carbocycles. The molecule has 11 nitrogen and oxygen atoms in total. The molecule has 0 fully saturated rings. The second kappa shape index (κ2) is 63.6. The monoisotopic (exact) mass is 406 g/mol. The van der Waals surface area contributed by atoms with Crippen LogP contribution in [0.1, 0.15) is 27.7 Å². The summed E-state index contributed by atoms with van der Waals surface area (Å²) in [5.41, 5.74) is 9.81. The van der Waals surface area contributed by atoms with E-state index < -0.39 is 23.9 Å². The molecule has 0 saturated heterocycles. The molecule has 0 saturated carbocycles. The fourth-order valence-electron chi connectivity index (χ4n) is 0. The Hall–Kier alpha value is 1.76. The van der Waals surface area contributed by atoms with Crippen molar-refractivity contribution in [2.24, 2.45) is 11.5 Å². The molecule has 0 aliphatic rings. The molecule has 0 heterocycles. The van der Waals surface area contributed by atoms with Crippen LogP contribution in [0.25, 0.3) is 0 Å². The van der Waals surface area contributed by atoms with Gasteiger partial charge in [-0.1, -0.05) is 0 Å². The minimum absolute atomic E-state index is 0. The van der Waals surface area contributed by atoms with Crippen LogP contribution in [-0.2, 0) is 19.2 Å². The molecule has 0 aliphatic heterocycles. The normalized spacial score (nSPS) is 5.20. The number of carbonyl (C=O) groups excluding carboxylic acids is 4. The van der Waals surface area contributed by atoms with E-state index in [-0.39, 0.29) is 124 Å². The molecule has 0 rings (SSSR count). The van der Waals surface area contributed by atoms with Gasteiger partial charge in [0.2, 0.25) is 0 Å². The molecule has 0 bridgehead atoms. The van der Waals surface area contributed by atoms with Crippen LogP contribution in [0, 0.1) is 0 Å². The van der Waals surface area contributed by atoms with Crippen LogP contribution in [0.4, 0.5) is 0 Å². The van der Waals surface area contributed by atoms with E-state index in [1.165, 1.54) is 0 Å². The van der Waals surface area contributed by atoms with Crippen molar-refractivity contribution in [1.29, 1.82) is 0 Å². The zero-order chi connectivity index (χ0) is 17.7. The second-order valence-electron chi connectivity index (χ2n) is 2.54. The van der Waals surface area contributed by atoms with Gasteiger partial charge in [0.25, 0.3) is 0 Å². The van der Waals surface area contributed by atoms with Crippen LogP contribution in [0.3, 0.4) is 0 Å². The van der Waals surface area contributed by atoms with Crippen molar-refractivity contribution in [2.45, 2.75) is 27.7 Å². The number of carbonyl (C=O) groups is 4. The average molecular weight is 406 g/mol. The molecule has 6 N–H and O–H groups in total. The molecule has 130 valence electrons. The van der Waals surface area contributed by atoms with E-state index in [1.54, 1.807) is 0 Å². The van der Waals surface area contributed by atoms with Gasteiger partial charge < -0.3 is 56.5 Å². The van der Waals surface area contributed by atoms with Gasteiger partial charge in [-0.3, -0.25) is 0 Å². The van der Waals surface area contributed by atoms with Crippen LogP contribution in [-0.4, -0.2) is 42.4 Å². The van der Waals surface area contributed by atoms with Crippen molar-refractivity contribution in [3.8, 4) is 0 Å². The minimum atomic E-state index is -1.08. The standard InChI is InChI=1S/C2H8N2.4C2H4O2.4Na.H2O/c3-1-2-4;4*1-2(3)4;;;;;/h1-4H2;4*1H3,(H,3,4);;;;;1H2/q;;;;;4*+1;/p-4. The van der Waals surface area contributed by atoms with Gasteiger partial charge in [0.15, 0.2) is 0 Å². The van der Waals surface area contributed by atoms with Crippen LogP contribution in [0.2, 0.25) is 0 Å². The number of carboxylic acids is 4. The number of hydrogen-bond donors (Lipinski definition) is 2. The van der Waals surface area contributed by atoms with E-state index in [0.29, 0.717) is 13.1 Å². The largest absolute Gasteiger partial charge is 1.00 e. The van der Waals surface area contributed by atoms with Gasteiger partial charge in [-0.2, -0.15) is 0 Å². The fourth-order valence-corrected chi connectivity index (χ4v) is 0. The van der Waals surface area contributed by atoms with E-state index in [1.807, 2.05) is 0 Å². The van der Waals surface area contributed by atoms with E-state index in [2.05, 4.69) is 0 Å². The molecule has 0 unspecified atom stereocenters. The fraction of sp³-hybridized carbons (Fsp3) is 0.600. The van der Waals surface area contributed by atoms with E-state index >= 15 is 0 Å². The molecule has 0 radical (unpaired) electrons. The Kier molecular flexibility index (Phi) is 161. The SMILES string of the molecule is CC(=O)[O-].CC(=O)[O-].CC(=O)[O-].CC(=O)[O-].NCCN.O.[Na+].[Na+].[Na+].[Na+]. The van der Waals surface area contributed by atoms with Crippen molar-refractivity contribution in [2.75, 3.05) is 13.1 Å². The van der Waals surface area contributed by atoms with E-state index in [0.717, 1.165) is 27.7 Å². The van der Waals surface area contributed by atoms with Gasteiger partial charge in [0, 0.05) is 37.0 Å². The number of nitrogens with two attached hydrogens (primary N) is 2. The zero-order valence-corrected chi connectivity index (χ0v) is 24.3. The van der Waals surface area contributed by atoms with E-state index in [9.17, 15) is 0 Å². The molecule has 0 amide bonds. The third-order valence-electron chi connectivity index (χ3n) is 0.167. The van der Waals surface area contributed by atoms with Crippen LogP contribution >= 0.6 is 0 Å². The van der Waals surface area contributed by atoms with Gasteiger partial charge >= 0.3 is 118 Å². The first-order chi connectivity index (χ1) is 8.84. The third-order valence-corrected chi connectivity index (χ3v) is 0.167. The smallest absolute Gasteiger partial charge is 0.550 e. The van der Waals surface area contributed by atoms with Gasteiger partial charge in [-0.15, -0.1) is 0 Å². The molecular weight excluding hydrogens is 384 g/mol. The molecule has 15 heteroatoms. The van der Waals surface area contributed by atoms with Gasteiger partial charge in [0.1, 0.15) is 0 Å². The molecule has 0 aromatic rings. The Morgan fingerprint density at radius 3 is 0.600 bits per heavy atom. The maximum Gasteiger partial charge on any atom is 1.00 e. The van der Waals surface area contributed by atoms with Crippen LogP contribution in [0.5, 0.6) is 0 Å². The Morgan fingerprint density at radius 2 is 0.600 bits per heavy atom. The Balaban J connectivity index is -0.0000000134. The Bertz CT molecular complexity index is 207. The molecule has 0 aromatic carbocycles. The summed E-state index contributed by atoms with van der Waals surface area (Å²) in [5.74, 6) is -4.33. The second-order valence-corrected chi connectivity index (χ2v) is 2.54. The summed E-state index contributed by atoms with van der Waals surface area (Å²) in [6.45, 7) is 5.08. The predicted octanol–water partition coefficient (Wildman–Crippen LogP) is -18.9. The summed E-state index contributed by atoms with van der Waals surface area (Å²) >= 11 is 0. The Morgan fingerprint density at radius 1 is 0.560 bits per heavy atom. The first-order valence-electron chi connectivity index (χ1n) is 4.95. The van der Waals surface area contributed by atoms with Crippen molar-refractivity contribution in [3.63, 3.8) is 0 Å². The van der Waals surface area contributed by atoms with Crippen molar-refractivity contribution >= 4 is 23.9 Å². The number of carboxylic acid groups (broad SMARTS) is 4. The number of aliphatic carboxylic acids is 4. The molecule has 25 heavy (non-hydrogen) atoms. The summed E-state index contributed by atoms with van der Waals surface area (Å²) in [7, 11) is 0. The molecular formula is C10H22N2Na4O9. The van der Waals surface area contributed by atoms with Crippen molar-refractivity contribution in [1.82, 2.24) is 0 Å². The maximum atomic E-state index is 8.89. The number of hydrogen-bond acceptors (Lipinski definition) is 10. The van der Waals surface area contributed by atoms with E-state index in [4.69, 9.17) is 51.1 Å². The van der Waals surface area contributed by atoms with Gasteiger partial charge in [-0.25, -0.2) is 0 Å². The Labute approximate surface area is 236 Å². The quantitative estimate of drug-likeness (QED) is 0.389. The van der Waals surface area contributed by atoms with Gasteiger partial charge in [0.05, 0.1) is 0 Å². The summed E-state index contributed by atoms with van der Waals surface area (Å²) in [5, 5.41) is 35.6. The number of rotatable bonds is 1. The zero-order valence-electron chi connectivity index (χ0n) is 16.3. The first kappa shape index (κ1) is 63.2. The first-order valence-corrected chi connectivity index (χ1v) is 4.95. The van der Waals surface area contributed by atoms with Crippen LogP contribution < -0.4 is 150 Å². The average Bonchev–Trinajstić information content (AvgIpc) is 2.13. The predicted molar refractivity (Wildman–Crippen MR) is 64.4 cm³/mol. The summed E-state index contributed by atoms with van der Waals surface area (Å²) in [6.07, 6.45) is 0. The van der Waals surface area contributed by atoms with Crippen LogP contribution in [0.15, 0.2) is 0 Å². The summed E-state index contributed by atoms with van der Waals surface area (Å²) in [4.78, 5) is 35.6. The topological polar surface area (TPSA) is 244 Å². The summed E-state index contributed by atoms with van der Waals surface area (Å²) in [6, 6.07) is 0.